The van der Waals surface area contributed by atoms with Crippen LogP contribution in [0.15, 0.2) is 36.5 Å². The Hall–Kier alpha value is -2.35. The molecule has 0 spiro atoms. The van der Waals surface area contributed by atoms with Crippen molar-refractivity contribution < 1.29 is 18.0 Å². The van der Waals surface area contributed by atoms with Crippen molar-refractivity contribution in [3.8, 4) is 5.69 Å². The number of halogens is 3. The molecule has 0 unspecified atom stereocenters. The second-order valence-electron chi connectivity index (χ2n) is 5.69. The van der Waals surface area contributed by atoms with Crippen LogP contribution in [0.5, 0.6) is 0 Å². The van der Waals surface area contributed by atoms with Gasteiger partial charge in [0.25, 0.3) is 5.91 Å². The highest BCUT2D eigenvalue weighted by Crippen LogP contribution is 2.30. The average Bonchev–Trinajstić information content (AvgIpc) is 3.05. The van der Waals surface area contributed by atoms with Crippen LogP contribution in [0, 0.1) is 0 Å². The van der Waals surface area contributed by atoms with Crippen molar-refractivity contribution in [1.29, 1.82) is 0 Å². The molecule has 5 nitrogen and oxygen atoms in total. The van der Waals surface area contributed by atoms with Crippen LogP contribution in [0.3, 0.4) is 0 Å². The minimum Gasteiger partial charge on any atom is -0.348 e. The fourth-order valence-electron chi connectivity index (χ4n) is 2.64. The summed E-state index contributed by atoms with van der Waals surface area (Å²) in [7, 11) is 0. The number of hydrogen-bond acceptors (Lipinski definition) is 3. The van der Waals surface area contributed by atoms with Gasteiger partial charge in [-0.1, -0.05) is 6.07 Å². The Morgan fingerprint density at radius 2 is 2.00 bits per heavy atom. The maximum absolute atomic E-state index is 12.8. The maximum Gasteiger partial charge on any atom is 0.416 e. The van der Waals surface area contributed by atoms with Crippen molar-refractivity contribution in [2.45, 2.75) is 25.1 Å². The van der Waals surface area contributed by atoms with Gasteiger partial charge < -0.3 is 10.6 Å². The molecule has 1 saturated heterocycles. The van der Waals surface area contributed by atoms with E-state index in [1.165, 1.54) is 29.1 Å². The maximum atomic E-state index is 12.8. The first-order valence-corrected chi connectivity index (χ1v) is 7.68. The number of alkyl halides is 3. The van der Waals surface area contributed by atoms with Gasteiger partial charge in [0.1, 0.15) is 0 Å². The van der Waals surface area contributed by atoms with Gasteiger partial charge in [0.05, 0.1) is 11.3 Å². The largest absolute Gasteiger partial charge is 0.416 e. The van der Waals surface area contributed by atoms with Crippen molar-refractivity contribution in [2.24, 2.45) is 0 Å². The van der Waals surface area contributed by atoms with E-state index in [0.717, 1.165) is 38.1 Å². The molecule has 3 rings (SSSR count). The van der Waals surface area contributed by atoms with E-state index in [2.05, 4.69) is 15.7 Å². The smallest absolute Gasteiger partial charge is 0.348 e. The third-order valence-corrected chi connectivity index (χ3v) is 3.93. The van der Waals surface area contributed by atoms with Gasteiger partial charge >= 0.3 is 6.18 Å². The summed E-state index contributed by atoms with van der Waals surface area (Å²) in [5.74, 6) is -0.312. The standard InChI is InChI=1S/C16H17F3N4O/c17-16(18,19)11-2-1-3-13(10-11)23-9-6-14(22-23)15(24)21-12-4-7-20-8-5-12/h1-3,6,9-10,12,20H,4-5,7-8H2,(H,21,24). The number of piperidine rings is 1. The van der Waals surface area contributed by atoms with E-state index in [1.807, 2.05) is 0 Å². The van der Waals surface area contributed by atoms with Gasteiger partial charge in [-0.3, -0.25) is 4.79 Å². The fraction of sp³-hybridized carbons (Fsp3) is 0.375. The van der Waals surface area contributed by atoms with Crippen molar-refractivity contribution in [1.82, 2.24) is 20.4 Å². The number of nitrogens with one attached hydrogen (secondary N) is 2. The first-order chi connectivity index (χ1) is 11.4. The van der Waals surface area contributed by atoms with Gasteiger partial charge in [-0.15, -0.1) is 0 Å². The summed E-state index contributed by atoms with van der Waals surface area (Å²) in [5.41, 5.74) is -0.312. The zero-order valence-electron chi connectivity index (χ0n) is 12.8. The number of rotatable bonds is 3. The van der Waals surface area contributed by atoms with E-state index in [0.29, 0.717) is 0 Å². The molecule has 8 heteroatoms. The molecule has 0 saturated carbocycles. The number of aromatic nitrogens is 2. The summed E-state index contributed by atoms with van der Waals surface area (Å²) in [6, 6.07) is 6.42. The van der Waals surface area contributed by atoms with E-state index in [1.54, 1.807) is 0 Å². The van der Waals surface area contributed by atoms with Crippen LogP contribution in [0.2, 0.25) is 0 Å². The first kappa shape index (κ1) is 16.5. The third-order valence-electron chi connectivity index (χ3n) is 3.93. The minimum atomic E-state index is -4.42. The van der Waals surface area contributed by atoms with Crippen LogP contribution in [0.25, 0.3) is 5.69 Å². The quantitative estimate of drug-likeness (QED) is 0.903. The van der Waals surface area contributed by atoms with Crippen molar-refractivity contribution in [3.63, 3.8) is 0 Å². The summed E-state index contributed by atoms with van der Waals surface area (Å²) < 4.78 is 39.6. The Morgan fingerprint density at radius 1 is 1.25 bits per heavy atom. The van der Waals surface area contributed by atoms with E-state index in [-0.39, 0.29) is 23.3 Å². The Labute approximate surface area is 136 Å². The van der Waals surface area contributed by atoms with Crippen LogP contribution in [-0.2, 0) is 6.18 Å². The summed E-state index contributed by atoms with van der Waals surface area (Å²) in [4.78, 5) is 12.2. The number of carbonyl (C=O) groups is 1. The highest BCUT2D eigenvalue weighted by Gasteiger charge is 2.30. The Kier molecular flexibility index (Phi) is 4.57. The Balaban J connectivity index is 1.74. The van der Waals surface area contributed by atoms with Crippen molar-refractivity contribution in [3.05, 3.63) is 47.8 Å². The van der Waals surface area contributed by atoms with Gasteiger partial charge in [0.15, 0.2) is 5.69 Å². The zero-order chi connectivity index (χ0) is 17.2. The molecule has 1 aliphatic heterocycles. The van der Waals surface area contributed by atoms with Gasteiger partial charge in [-0.25, -0.2) is 4.68 Å². The second kappa shape index (κ2) is 6.64. The molecular formula is C16H17F3N4O. The van der Waals surface area contributed by atoms with Crippen LogP contribution in [0.1, 0.15) is 28.9 Å². The van der Waals surface area contributed by atoms with Gasteiger partial charge in [0.2, 0.25) is 0 Å². The second-order valence-corrected chi connectivity index (χ2v) is 5.69. The highest BCUT2D eigenvalue weighted by molar-refractivity contribution is 5.92. The van der Waals surface area contributed by atoms with E-state index >= 15 is 0 Å². The minimum absolute atomic E-state index is 0.0949. The molecule has 0 radical (unpaired) electrons. The molecule has 2 aromatic rings. The molecule has 0 bridgehead atoms. The summed E-state index contributed by atoms with van der Waals surface area (Å²) in [5, 5.41) is 10.2. The van der Waals surface area contributed by atoms with Gasteiger partial charge in [-0.2, -0.15) is 18.3 Å². The zero-order valence-corrected chi connectivity index (χ0v) is 12.8. The molecule has 128 valence electrons. The first-order valence-electron chi connectivity index (χ1n) is 7.68. The van der Waals surface area contributed by atoms with Crippen LogP contribution >= 0.6 is 0 Å². The fourth-order valence-corrected chi connectivity index (χ4v) is 2.64. The van der Waals surface area contributed by atoms with Crippen molar-refractivity contribution in [2.75, 3.05) is 13.1 Å². The number of hydrogen-bond donors (Lipinski definition) is 2. The Bertz CT molecular complexity index is 720. The molecule has 0 atom stereocenters. The van der Waals surface area contributed by atoms with Crippen LogP contribution in [0.4, 0.5) is 13.2 Å². The van der Waals surface area contributed by atoms with E-state index in [4.69, 9.17) is 0 Å². The predicted octanol–water partition coefficient (Wildman–Crippen LogP) is 2.37. The Morgan fingerprint density at radius 3 is 2.71 bits per heavy atom. The molecule has 24 heavy (non-hydrogen) atoms. The third kappa shape index (κ3) is 3.76. The molecule has 1 amide bonds. The number of amides is 1. The lowest BCUT2D eigenvalue weighted by Crippen LogP contribution is -2.42. The van der Waals surface area contributed by atoms with Crippen LogP contribution in [-0.4, -0.2) is 34.8 Å². The summed E-state index contributed by atoms with van der Waals surface area (Å²) >= 11 is 0. The average molecular weight is 338 g/mol. The molecule has 2 N–H and O–H groups in total. The predicted molar refractivity (Wildman–Crippen MR) is 81.9 cm³/mol. The molecule has 0 aliphatic carbocycles. The molecule has 2 heterocycles. The molecular weight excluding hydrogens is 321 g/mol. The summed E-state index contributed by atoms with van der Waals surface area (Å²) in [6.07, 6.45) is -1.24. The van der Waals surface area contributed by atoms with Gasteiger partial charge in [-0.05, 0) is 50.2 Å². The number of benzene rings is 1. The van der Waals surface area contributed by atoms with Crippen molar-refractivity contribution >= 4 is 5.91 Å². The molecule has 1 aromatic heterocycles. The van der Waals surface area contributed by atoms with Crippen LogP contribution < -0.4 is 10.6 Å². The highest BCUT2D eigenvalue weighted by atomic mass is 19.4. The molecule has 1 aromatic carbocycles. The summed E-state index contributed by atoms with van der Waals surface area (Å²) in [6.45, 7) is 1.70. The number of nitrogens with zero attached hydrogens (tertiary/aromatic N) is 2. The van der Waals surface area contributed by atoms with E-state index < -0.39 is 11.7 Å². The lowest BCUT2D eigenvalue weighted by Gasteiger charge is -2.23. The monoisotopic (exact) mass is 338 g/mol. The SMILES string of the molecule is O=C(NC1CCNCC1)c1ccn(-c2cccc(C(F)(F)F)c2)n1. The molecule has 1 fully saturated rings. The lowest BCUT2D eigenvalue weighted by molar-refractivity contribution is -0.137. The topological polar surface area (TPSA) is 59.0 Å². The lowest BCUT2D eigenvalue weighted by atomic mass is 10.1. The normalized spacial score (nSPS) is 16.1. The van der Waals surface area contributed by atoms with Gasteiger partial charge in [0, 0.05) is 12.2 Å². The number of carbonyl (C=O) groups excluding carboxylic acids is 1. The van der Waals surface area contributed by atoms with E-state index in [9.17, 15) is 18.0 Å². The molecule has 1 aliphatic rings.